The molecule has 2 rings (SSSR count). The van der Waals surface area contributed by atoms with Gasteiger partial charge in [0.05, 0.1) is 4.47 Å². The van der Waals surface area contributed by atoms with Gasteiger partial charge in [0.1, 0.15) is 11.8 Å². The SMILES string of the molecule is CCc1ccc(OCC(=O)N(Cc2ccccc2)[C@H](CC)C(=O)NCC(C)C)c(Br)c1. The standard InChI is InChI=1S/C25H33BrN2O3/c1-5-19-12-13-23(21(26)14-19)31-17-24(29)28(16-20-10-8-7-9-11-20)22(6-2)25(30)27-15-18(3)4/h7-14,18,22H,5-6,15-17H2,1-4H3,(H,27,30)/t22-/m1/s1. The van der Waals surface area contributed by atoms with E-state index in [1.807, 2.05) is 69.3 Å². The summed E-state index contributed by atoms with van der Waals surface area (Å²) in [5.74, 6) is 0.602. The third-order valence-electron chi connectivity index (χ3n) is 5.02. The molecule has 6 heteroatoms. The van der Waals surface area contributed by atoms with Crippen LogP contribution in [0.25, 0.3) is 0 Å². The Kier molecular flexibility index (Phi) is 10.0. The van der Waals surface area contributed by atoms with E-state index in [4.69, 9.17) is 4.74 Å². The summed E-state index contributed by atoms with van der Waals surface area (Å²) >= 11 is 3.51. The summed E-state index contributed by atoms with van der Waals surface area (Å²) in [5, 5.41) is 2.97. The lowest BCUT2D eigenvalue weighted by atomic mass is 10.1. The minimum atomic E-state index is -0.555. The van der Waals surface area contributed by atoms with Gasteiger partial charge in [-0.25, -0.2) is 0 Å². The van der Waals surface area contributed by atoms with E-state index in [0.29, 0.717) is 31.2 Å². The van der Waals surface area contributed by atoms with E-state index >= 15 is 0 Å². The number of halogens is 1. The van der Waals surface area contributed by atoms with Crippen LogP contribution < -0.4 is 10.1 Å². The number of nitrogens with one attached hydrogen (secondary N) is 1. The van der Waals surface area contributed by atoms with E-state index in [1.54, 1.807) is 4.90 Å². The Morgan fingerprint density at radius 2 is 1.77 bits per heavy atom. The van der Waals surface area contributed by atoms with Gasteiger partial charge in [0.2, 0.25) is 5.91 Å². The van der Waals surface area contributed by atoms with Crippen molar-refractivity contribution < 1.29 is 14.3 Å². The van der Waals surface area contributed by atoms with E-state index in [9.17, 15) is 9.59 Å². The van der Waals surface area contributed by atoms with Crippen molar-refractivity contribution in [3.63, 3.8) is 0 Å². The van der Waals surface area contributed by atoms with Gasteiger partial charge in [-0.2, -0.15) is 0 Å². The first-order valence-corrected chi connectivity index (χ1v) is 11.7. The van der Waals surface area contributed by atoms with Crippen LogP contribution in [-0.2, 0) is 22.6 Å². The quantitative estimate of drug-likeness (QED) is 0.485. The Morgan fingerprint density at radius 3 is 2.35 bits per heavy atom. The van der Waals surface area contributed by atoms with Crippen LogP contribution in [0.15, 0.2) is 53.0 Å². The molecule has 0 unspecified atom stereocenters. The van der Waals surface area contributed by atoms with Gasteiger partial charge in [-0.1, -0.05) is 64.1 Å². The van der Waals surface area contributed by atoms with Crippen LogP contribution in [0.4, 0.5) is 0 Å². The van der Waals surface area contributed by atoms with Crippen molar-refractivity contribution >= 4 is 27.7 Å². The highest BCUT2D eigenvalue weighted by Gasteiger charge is 2.29. The minimum absolute atomic E-state index is 0.131. The molecule has 0 aliphatic carbocycles. The Balaban J connectivity index is 2.17. The highest BCUT2D eigenvalue weighted by atomic mass is 79.9. The number of rotatable bonds is 11. The van der Waals surface area contributed by atoms with Crippen LogP contribution in [0.1, 0.15) is 45.2 Å². The minimum Gasteiger partial charge on any atom is -0.483 e. The molecule has 0 radical (unpaired) electrons. The van der Waals surface area contributed by atoms with Gasteiger partial charge in [0.15, 0.2) is 6.61 Å². The second-order valence-corrected chi connectivity index (χ2v) is 8.83. The third kappa shape index (κ3) is 7.69. The molecule has 2 aromatic carbocycles. The molecule has 168 valence electrons. The van der Waals surface area contributed by atoms with E-state index in [0.717, 1.165) is 16.5 Å². The molecule has 31 heavy (non-hydrogen) atoms. The van der Waals surface area contributed by atoms with Crippen LogP contribution in [0, 0.1) is 5.92 Å². The molecule has 1 N–H and O–H groups in total. The van der Waals surface area contributed by atoms with Crippen LogP contribution in [-0.4, -0.2) is 35.9 Å². The van der Waals surface area contributed by atoms with Gasteiger partial charge in [-0.05, 0) is 57.9 Å². The summed E-state index contributed by atoms with van der Waals surface area (Å²) in [7, 11) is 0. The highest BCUT2D eigenvalue weighted by Crippen LogP contribution is 2.26. The van der Waals surface area contributed by atoms with E-state index in [-0.39, 0.29) is 18.4 Å². The molecule has 0 fully saturated rings. The maximum absolute atomic E-state index is 13.2. The molecule has 2 amide bonds. The first-order chi connectivity index (χ1) is 14.8. The topological polar surface area (TPSA) is 58.6 Å². The first-order valence-electron chi connectivity index (χ1n) is 10.9. The number of hydrogen-bond acceptors (Lipinski definition) is 3. The maximum Gasteiger partial charge on any atom is 0.261 e. The second kappa shape index (κ2) is 12.5. The molecule has 0 bridgehead atoms. The monoisotopic (exact) mass is 488 g/mol. The molecule has 1 atom stereocenters. The fourth-order valence-corrected chi connectivity index (χ4v) is 3.77. The van der Waals surface area contributed by atoms with Crippen molar-refractivity contribution in [1.82, 2.24) is 10.2 Å². The number of hydrogen-bond donors (Lipinski definition) is 1. The van der Waals surface area contributed by atoms with Gasteiger partial charge in [0.25, 0.3) is 5.91 Å². The summed E-state index contributed by atoms with van der Waals surface area (Å²) in [6.07, 6.45) is 1.45. The van der Waals surface area contributed by atoms with Crippen molar-refractivity contribution in [2.75, 3.05) is 13.2 Å². The average Bonchev–Trinajstić information content (AvgIpc) is 2.77. The molecular weight excluding hydrogens is 456 g/mol. The summed E-state index contributed by atoms with van der Waals surface area (Å²) in [6, 6.07) is 15.0. The Morgan fingerprint density at radius 1 is 1.06 bits per heavy atom. The second-order valence-electron chi connectivity index (χ2n) is 7.98. The lowest BCUT2D eigenvalue weighted by Crippen LogP contribution is -2.50. The summed E-state index contributed by atoms with van der Waals surface area (Å²) in [6.45, 7) is 8.90. The van der Waals surface area contributed by atoms with Gasteiger partial charge in [-0.15, -0.1) is 0 Å². The smallest absolute Gasteiger partial charge is 0.261 e. The fourth-order valence-electron chi connectivity index (χ4n) is 3.23. The summed E-state index contributed by atoms with van der Waals surface area (Å²) in [5.41, 5.74) is 2.16. The van der Waals surface area contributed by atoms with Gasteiger partial charge in [0, 0.05) is 13.1 Å². The van der Waals surface area contributed by atoms with Gasteiger partial charge >= 0.3 is 0 Å². The number of aryl methyl sites for hydroxylation is 1. The highest BCUT2D eigenvalue weighted by molar-refractivity contribution is 9.10. The molecule has 0 aromatic heterocycles. The van der Waals surface area contributed by atoms with Gasteiger partial charge < -0.3 is 15.0 Å². The van der Waals surface area contributed by atoms with Crippen LogP contribution in [0.3, 0.4) is 0 Å². The lowest BCUT2D eigenvalue weighted by Gasteiger charge is -2.31. The van der Waals surface area contributed by atoms with Crippen LogP contribution >= 0.6 is 15.9 Å². The first kappa shape index (κ1) is 24.9. The molecule has 0 aliphatic rings. The number of amides is 2. The number of carbonyl (C=O) groups excluding carboxylic acids is 2. The number of benzene rings is 2. The molecule has 0 saturated heterocycles. The number of nitrogens with zero attached hydrogens (tertiary/aromatic N) is 1. The Hall–Kier alpha value is -2.34. The summed E-state index contributed by atoms with van der Waals surface area (Å²) in [4.78, 5) is 27.7. The molecule has 2 aromatic rings. The average molecular weight is 489 g/mol. The molecule has 0 heterocycles. The molecule has 0 saturated carbocycles. The zero-order valence-electron chi connectivity index (χ0n) is 18.9. The lowest BCUT2D eigenvalue weighted by molar-refractivity contribution is -0.143. The van der Waals surface area contributed by atoms with E-state index in [1.165, 1.54) is 5.56 Å². The van der Waals surface area contributed by atoms with Crippen molar-refractivity contribution in [3.8, 4) is 5.75 Å². The third-order valence-corrected chi connectivity index (χ3v) is 5.64. The maximum atomic E-state index is 13.2. The molecule has 0 aliphatic heterocycles. The predicted molar refractivity (Wildman–Crippen MR) is 128 cm³/mol. The van der Waals surface area contributed by atoms with E-state index in [2.05, 4.69) is 28.2 Å². The fraction of sp³-hybridized carbons (Fsp3) is 0.440. The number of ether oxygens (including phenoxy) is 1. The van der Waals surface area contributed by atoms with E-state index < -0.39 is 6.04 Å². The molecule has 5 nitrogen and oxygen atoms in total. The van der Waals surface area contributed by atoms with Crippen molar-refractivity contribution in [2.45, 2.75) is 53.1 Å². The molecular formula is C25H33BrN2O3. The van der Waals surface area contributed by atoms with Gasteiger partial charge in [-0.3, -0.25) is 9.59 Å². The number of carbonyl (C=O) groups is 2. The van der Waals surface area contributed by atoms with Crippen LogP contribution in [0.5, 0.6) is 5.75 Å². The Bertz CT molecular complexity index is 855. The summed E-state index contributed by atoms with van der Waals surface area (Å²) < 4.78 is 6.64. The molecule has 0 spiro atoms. The zero-order valence-corrected chi connectivity index (χ0v) is 20.4. The van der Waals surface area contributed by atoms with Crippen molar-refractivity contribution in [1.29, 1.82) is 0 Å². The largest absolute Gasteiger partial charge is 0.483 e. The normalized spacial score (nSPS) is 11.8. The Labute approximate surface area is 194 Å². The predicted octanol–water partition coefficient (Wildman–Crippen LogP) is 4.97. The van der Waals surface area contributed by atoms with Crippen LogP contribution in [0.2, 0.25) is 0 Å². The van der Waals surface area contributed by atoms with Crippen molar-refractivity contribution in [2.24, 2.45) is 5.92 Å². The van der Waals surface area contributed by atoms with Crippen molar-refractivity contribution in [3.05, 3.63) is 64.1 Å². The zero-order chi connectivity index (χ0) is 22.8.